The number of nitrogens with zero attached hydrogens (tertiary/aromatic N) is 3. The highest BCUT2D eigenvalue weighted by Gasteiger charge is 2.49. The zero-order valence-corrected chi connectivity index (χ0v) is 26.4. The summed E-state index contributed by atoms with van der Waals surface area (Å²) < 4.78 is 68.6. The molecular weight excluding hydrogens is 642 g/mol. The molecule has 3 aromatic rings. The number of likely N-dealkylation sites (tertiary alicyclic amines) is 1. The number of aryl methyl sites for hydroxylation is 1. The Balaban J connectivity index is 1.31. The molecule has 236 valence electrons. The lowest BCUT2D eigenvalue weighted by molar-refractivity contribution is -0.133. The summed E-state index contributed by atoms with van der Waals surface area (Å²) in [4.78, 5) is 27.5. The minimum Gasteiger partial charge on any atom is -0.456 e. The van der Waals surface area contributed by atoms with Crippen molar-refractivity contribution >= 4 is 45.1 Å². The van der Waals surface area contributed by atoms with Crippen molar-refractivity contribution < 1.29 is 35.9 Å². The van der Waals surface area contributed by atoms with Gasteiger partial charge in [0.05, 0.1) is 17.3 Å². The lowest BCUT2D eigenvalue weighted by Crippen LogP contribution is -2.34. The maximum absolute atomic E-state index is 13.5. The molecule has 8 nitrogen and oxygen atoms in total. The van der Waals surface area contributed by atoms with Crippen molar-refractivity contribution in [2.24, 2.45) is 5.92 Å². The van der Waals surface area contributed by atoms with Crippen molar-refractivity contribution in [3.63, 3.8) is 0 Å². The Kier molecular flexibility index (Phi) is 8.58. The summed E-state index contributed by atoms with van der Waals surface area (Å²) in [5.41, 5.74) is -3.06. The molecule has 2 aromatic carbocycles. The SMILES string of the molecule is CC(C)(C)OC(=O)c1ccc(-c2cc(Cl)c(CC3CCN([C@@H]4CCCc5nn(S(=O)(=O)C(F)(F)F)cc54)C3=O)c(Cl)c2)cc1. The van der Waals surface area contributed by atoms with Gasteiger partial charge in [0.15, 0.2) is 0 Å². The second-order valence-electron chi connectivity index (χ2n) is 12.0. The van der Waals surface area contributed by atoms with Gasteiger partial charge in [-0.1, -0.05) is 35.3 Å². The fourth-order valence-electron chi connectivity index (χ4n) is 5.65. The number of rotatable bonds is 6. The highest BCUT2D eigenvalue weighted by atomic mass is 35.5. The molecule has 1 aromatic heterocycles. The van der Waals surface area contributed by atoms with Gasteiger partial charge in [0, 0.05) is 34.3 Å². The number of aromatic nitrogens is 2. The van der Waals surface area contributed by atoms with Gasteiger partial charge in [-0.25, -0.2) is 4.79 Å². The number of fused-ring (bicyclic) bond motifs is 1. The van der Waals surface area contributed by atoms with Crippen LogP contribution in [-0.2, 0) is 32.4 Å². The second kappa shape index (κ2) is 11.7. The van der Waals surface area contributed by atoms with Gasteiger partial charge < -0.3 is 9.64 Å². The minimum atomic E-state index is -5.68. The Morgan fingerprint density at radius 2 is 1.68 bits per heavy atom. The molecule has 5 rings (SSSR count). The third kappa shape index (κ3) is 6.34. The smallest absolute Gasteiger partial charge is 0.456 e. The fourth-order valence-corrected chi connectivity index (χ4v) is 6.96. The van der Waals surface area contributed by atoms with Crippen LogP contribution in [0.2, 0.25) is 10.0 Å². The molecular formula is C30H30Cl2F3N3O5S. The van der Waals surface area contributed by atoms with E-state index >= 15 is 0 Å². The van der Waals surface area contributed by atoms with E-state index in [0.717, 1.165) is 17.3 Å². The van der Waals surface area contributed by atoms with E-state index in [9.17, 15) is 31.2 Å². The average molecular weight is 673 g/mol. The Morgan fingerprint density at radius 3 is 2.27 bits per heavy atom. The Morgan fingerprint density at radius 1 is 1.05 bits per heavy atom. The lowest BCUT2D eigenvalue weighted by Gasteiger charge is -2.31. The molecule has 1 amide bonds. The van der Waals surface area contributed by atoms with Crippen LogP contribution in [-0.4, -0.2) is 52.0 Å². The molecule has 1 unspecified atom stereocenters. The van der Waals surface area contributed by atoms with Crippen LogP contribution in [0.15, 0.2) is 42.6 Å². The first kappa shape index (κ1) is 32.3. The highest BCUT2D eigenvalue weighted by Crippen LogP contribution is 2.41. The quantitative estimate of drug-likeness (QED) is 0.262. The van der Waals surface area contributed by atoms with Gasteiger partial charge in [0.2, 0.25) is 5.91 Å². The van der Waals surface area contributed by atoms with E-state index in [1.807, 2.05) is 0 Å². The summed E-state index contributed by atoms with van der Waals surface area (Å²) in [6.45, 7) is 5.72. The van der Waals surface area contributed by atoms with Crippen LogP contribution >= 0.6 is 23.2 Å². The molecule has 44 heavy (non-hydrogen) atoms. The van der Waals surface area contributed by atoms with Crippen LogP contribution in [0.3, 0.4) is 0 Å². The van der Waals surface area contributed by atoms with E-state index in [0.29, 0.717) is 59.0 Å². The number of benzene rings is 2. The van der Waals surface area contributed by atoms with Gasteiger partial charge >= 0.3 is 21.5 Å². The zero-order chi connectivity index (χ0) is 32.2. The number of esters is 1. The first-order valence-electron chi connectivity index (χ1n) is 14.0. The third-order valence-corrected chi connectivity index (χ3v) is 9.70. The molecule has 0 saturated carbocycles. The normalized spacial score (nSPS) is 19.3. The summed E-state index contributed by atoms with van der Waals surface area (Å²) in [7, 11) is -5.68. The Hall–Kier alpha value is -3.09. The number of ether oxygens (including phenoxy) is 1. The molecule has 2 atom stereocenters. The second-order valence-corrected chi connectivity index (χ2v) is 14.6. The van der Waals surface area contributed by atoms with E-state index in [-0.39, 0.29) is 22.1 Å². The summed E-state index contributed by atoms with van der Waals surface area (Å²) in [5, 5.41) is 4.46. The molecule has 0 spiro atoms. The average Bonchev–Trinajstić information content (AvgIpc) is 3.53. The standard InChI is InChI=1S/C30H30Cl2F3N3O5S/c1-29(2,3)43-28(40)18-9-7-17(8-10-18)20-14-23(31)21(24(32)15-20)13-19-11-12-37(27(19)39)26-6-4-5-25-22(26)16-38(36-25)44(41,42)30(33,34)35/h7-10,14-16,19,26H,4-6,11-13H2,1-3H3/t19?,26-/m1/s1. The Labute approximate surface area is 263 Å². The van der Waals surface area contributed by atoms with Gasteiger partial charge in [0.1, 0.15) is 5.60 Å². The van der Waals surface area contributed by atoms with Gasteiger partial charge in [-0.05, 0) is 93.8 Å². The number of carbonyl (C=O) groups is 2. The van der Waals surface area contributed by atoms with Crippen molar-refractivity contribution in [1.82, 2.24) is 14.1 Å². The molecule has 1 aliphatic heterocycles. The van der Waals surface area contributed by atoms with Crippen LogP contribution < -0.4 is 0 Å². The largest absolute Gasteiger partial charge is 0.518 e. The van der Waals surface area contributed by atoms with Crippen molar-refractivity contribution in [1.29, 1.82) is 0 Å². The number of amides is 1. The molecule has 1 aliphatic carbocycles. The molecule has 1 saturated heterocycles. The van der Waals surface area contributed by atoms with Crippen LogP contribution in [0, 0.1) is 5.92 Å². The maximum atomic E-state index is 13.5. The van der Waals surface area contributed by atoms with Crippen molar-refractivity contribution in [3.05, 3.63) is 75.0 Å². The van der Waals surface area contributed by atoms with E-state index in [1.165, 1.54) is 0 Å². The highest BCUT2D eigenvalue weighted by molar-refractivity contribution is 7.90. The molecule has 2 aliphatic rings. The van der Waals surface area contributed by atoms with E-state index < -0.39 is 39.1 Å². The molecule has 0 radical (unpaired) electrons. The fraction of sp³-hybridized carbons (Fsp3) is 0.433. The molecule has 2 heterocycles. The monoisotopic (exact) mass is 671 g/mol. The lowest BCUT2D eigenvalue weighted by atomic mass is 9.91. The van der Waals surface area contributed by atoms with E-state index in [4.69, 9.17) is 27.9 Å². The summed E-state index contributed by atoms with van der Waals surface area (Å²) in [5.74, 6) is -1.11. The summed E-state index contributed by atoms with van der Waals surface area (Å²) in [6.07, 6.45) is 2.96. The van der Waals surface area contributed by atoms with E-state index in [2.05, 4.69) is 5.10 Å². The number of carbonyl (C=O) groups excluding carboxylic acids is 2. The van der Waals surface area contributed by atoms with Gasteiger partial charge in [-0.2, -0.15) is 30.8 Å². The Bertz CT molecular complexity index is 1690. The molecule has 0 N–H and O–H groups in total. The summed E-state index contributed by atoms with van der Waals surface area (Å²) in [6, 6.07) is 9.75. The number of alkyl halides is 3. The number of hydrogen-bond donors (Lipinski definition) is 0. The maximum Gasteiger partial charge on any atom is 0.518 e. The van der Waals surface area contributed by atoms with Gasteiger partial charge in [-0.3, -0.25) is 4.79 Å². The predicted molar refractivity (Wildman–Crippen MR) is 159 cm³/mol. The van der Waals surface area contributed by atoms with Gasteiger partial charge in [0.25, 0.3) is 0 Å². The van der Waals surface area contributed by atoms with Crippen LogP contribution in [0.1, 0.15) is 73.3 Å². The number of halogens is 5. The third-order valence-electron chi connectivity index (χ3n) is 7.76. The first-order chi connectivity index (χ1) is 20.5. The predicted octanol–water partition coefficient (Wildman–Crippen LogP) is 6.98. The van der Waals surface area contributed by atoms with Gasteiger partial charge in [-0.15, -0.1) is 0 Å². The molecule has 1 fully saturated rings. The molecule has 0 bridgehead atoms. The van der Waals surface area contributed by atoms with Crippen LogP contribution in [0.5, 0.6) is 0 Å². The zero-order valence-electron chi connectivity index (χ0n) is 24.1. The topological polar surface area (TPSA) is 98.6 Å². The van der Waals surface area contributed by atoms with E-state index in [1.54, 1.807) is 62.1 Å². The minimum absolute atomic E-state index is 0.0276. The van der Waals surface area contributed by atoms with Crippen molar-refractivity contribution in [3.8, 4) is 11.1 Å². The summed E-state index contributed by atoms with van der Waals surface area (Å²) >= 11 is 13.3. The first-order valence-corrected chi connectivity index (χ1v) is 16.2. The van der Waals surface area contributed by atoms with Crippen molar-refractivity contribution in [2.75, 3.05) is 6.54 Å². The number of hydrogen-bond acceptors (Lipinski definition) is 6. The van der Waals surface area contributed by atoms with Crippen molar-refractivity contribution in [2.45, 2.75) is 70.0 Å². The van der Waals surface area contributed by atoms with Crippen LogP contribution in [0.4, 0.5) is 13.2 Å². The van der Waals surface area contributed by atoms with Crippen LogP contribution in [0.25, 0.3) is 11.1 Å². The molecule has 14 heteroatoms.